The predicted molar refractivity (Wildman–Crippen MR) is 94.6 cm³/mol. The normalized spacial score (nSPS) is 14.3. The molecule has 1 saturated heterocycles. The lowest BCUT2D eigenvalue weighted by Gasteiger charge is -2.40. The lowest BCUT2D eigenvalue weighted by atomic mass is 10.1. The zero-order valence-electron chi connectivity index (χ0n) is 14.0. The Hall–Kier alpha value is -3.29. The van der Waals surface area contributed by atoms with Gasteiger partial charge in [-0.25, -0.2) is 14.1 Å². The maximum absolute atomic E-state index is 13.4. The number of anilines is 1. The third kappa shape index (κ3) is 2.90. The van der Waals surface area contributed by atoms with Crippen molar-refractivity contribution in [3.8, 4) is 11.3 Å². The van der Waals surface area contributed by atoms with Gasteiger partial charge in [0.05, 0.1) is 18.1 Å². The standard InChI is InChI=1S/C18H16FN5O2/c1-22-11-20-16(8-18(22)26)23-9-14(10-23)24-17(25)6-5-15(21-24)12-3-2-4-13(19)7-12/h2-8,11,14H,9-10H2,1H3. The fraction of sp³-hybridized carbons (Fsp3) is 0.222. The zero-order chi connectivity index (χ0) is 18.3. The van der Waals surface area contributed by atoms with E-state index in [1.54, 1.807) is 25.2 Å². The highest BCUT2D eigenvalue weighted by Gasteiger charge is 2.31. The first-order valence-corrected chi connectivity index (χ1v) is 8.15. The minimum Gasteiger partial charge on any atom is -0.352 e. The highest BCUT2D eigenvalue weighted by Crippen LogP contribution is 2.24. The molecule has 2 aromatic heterocycles. The summed E-state index contributed by atoms with van der Waals surface area (Å²) in [5.41, 5.74) is 0.797. The van der Waals surface area contributed by atoms with Crippen LogP contribution in [0.3, 0.4) is 0 Å². The molecule has 0 amide bonds. The van der Waals surface area contributed by atoms with Gasteiger partial charge in [0.2, 0.25) is 0 Å². The van der Waals surface area contributed by atoms with Gasteiger partial charge < -0.3 is 9.47 Å². The van der Waals surface area contributed by atoms with Gasteiger partial charge in [-0.2, -0.15) is 5.10 Å². The summed E-state index contributed by atoms with van der Waals surface area (Å²) in [5.74, 6) is 0.229. The van der Waals surface area contributed by atoms with E-state index < -0.39 is 0 Å². The molecule has 1 aliphatic rings. The maximum Gasteiger partial charge on any atom is 0.267 e. The Morgan fingerprint density at radius 3 is 2.62 bits per heavy atom. The molecule has 8 heteroatoms. The third-order valence-corrected chi connectivity index (χ3v) is 4.44. The molecule has 7 nitrogen and oxygen atoms in total. The Morgan fingerprint density at radius 2 is 1.88 bits per heavy atom. The molecule has 4 rings (SSSR count). The molecule has 1 fully saturated rings. The SMILES string of the molecule is Cn1cnc(N2CC(n3nc(-c4cccc(F)c4)ccc3=O)C2)cc1=O. The number of benzene rings is 1. The first-order chi connectivity index (χ1) is 12.5. The van der Waals surface area contributed by atoms with Crippen molar-refractivity contribution in [1.82, 2.24) is 19.3 Å². The monoisotopic (exact) mass is 353 g/mol. The summed E-state index contributed by atoms with van der Waals surface area (Å²) in [6.45, 7) is 1.05. The molecular formula is C18H16FN5O2. The van der Waals surface area contributed by atoms with Crippen LogP contribution in [0.4, 0.5) is 10.2 Å². The predicted octanol–water partition coefficient (Wildman–Crippen LogP) is 1.20. The van der Waals surface area contributed by atoms with Crippen molar-refractivity contribution in [2.45, 2.75) is 6.04 Å². The zero-order valence-corrected chi connectivity index (χ0v) is 14.0. The number of halogens is 1. The molecule has 0 radical (unpaired) electrons. The molecule has 3 heterocycles. The summed E-state index contributed by atoms with van der Waals surface area (Å²) in [5, 5.41) is 4.39. The first-order valence-electron chi connectivity index (χ1n) is 8.15. The summed E-state index contributed by atoms with van der Waals surface area (Å²) in [4.78, 5) is 30.0. The van der Waals surface area contributed by atoms with Gasteiger partial charge in [-0.05, 0) is 18.2 Å². The Labute approximate surface area is 148 Å². The van der Waals surface area contributed by atoms with Gasteiger partial charge in [0.15, 0.2) is 0 Å². The van der Waals surface area contributed by atoms with Crippen LogP contribution < -0.4 is 16.0 Å². The molecule has 132 valence electrons. The summed E-state index contributed by atoms with van der Waals surface area (Å²) < 4.78 is 16.2. The number of rotatable bonds is 3. The third-order valence-electron chi connectivity index (χ3n) is 4.44. The van der Waals surface area contributed by atoms with E-state index in [4.69, 9.17) is 0 Å². The fourth-order valence-electron chi connectivity index (χ4n) is 2.91. The Bertz CT molecular complexity index is 1090. The second-order valence-corrected chi connectivity index (χ2v) is 6.27. The molecule has 0 atom stereocenters. The van der Waals surface area contributed by atoms with Crippen LogP contribution in [0.15, 0.2) is 58.4 Å². The lowest BCUT2D eigenvalue weighted by Crippen LogP contribution is -2.51. The highest BCUT2D eigenvalue weighted by atomic mass is 19.1. The number of aryl methyl sites for hydroxylation is 1. The van der Waals surface area contributed by atoms with Crippen molar-refractivity contribution in [3.05, 3.63) is 75.3 Å². The van der Waals surface area contributed by atoms with Gasteiger partial charge in [-0.1, -0.05) is 12.1 Å². The van der Waals surface area contributed by atoms with Crippen LogP contribution in [0.2, 0.25) is 0 Å². The largest absolute Gasteiger partial charge is 0.352 e. The smallest absolute Gasteiger partial charge is 0.267 e. The van der Waals surface area contributed by atoms with Gasteiger partial charge in [0.25, 0.3) is 11.1 Å². The van der Waals surface area contributed by atoms with Crippen LogP contribution in [0.25, 0.3) is 11.3 Å². The summed E-state index contributed by atoms with van der Waals surface area (Å²) in [6.07, 6.45) is 1.47. The Balaban J connectivity index is 1.57. The van der Waals surface area contributed by atoms with Gasteiger partial charge in [0, 0.05) is 37.8 Å². The van der Waals surface area contributed by atoms with Crippen molar-refractivity contribution < 1.29 is 4.39 Å². The van der Waals surface area contributed by atoms with Crippen LogP contribution in [0.5, 0.6) is 0 Å². The topological polar surface area (TPSA) is 73.0 Å². The molecular weight excluding hydrogens is 337 g/mol. The molecule has 1 aromatic carbocycles. The molecule has 0 unspecified atom stereocenters. The number of nitrogens with zero attached hydrogens (tertiary/aromatic N) is 5. The van der Waals surface area contributed by atoms with E-state index in [9.17, 15) is 14.0 Å². The van der Waals surface area contributed by atoms with Crippen molar-refractivity contribution in [2.75, 3.05) is 18.0 Å². The first kappa shape index (κ1) is 16.2. The van der Waals surface area contributed by atoms with Crippen LogP contribution >= 0.6 is 0 Å². The number of aromatic nitrogens is 4. The maximum atomic E-state index is 13.4. The van der Waals surface area contributed by atoms with Crippen molar-refractivity contribution in [1.29, 1.82) is 0 Å². The minimum absolute atomic E-state index is 0.123. The molecule has 0 bridgehead atoms. The Kier molecular flexibility index (Phi) is 3.87. The van der Waals surface area contributed by atoms with E-state index in [0.29, 0.717) is 30.2 Å². The molecule has 26 heavy (non-hydrogen) atoms. The van der Waals surface area contributed by atoms with E-state index in [0.717, 1.165) is 0 Å². The van der Waals surface area contributed by atoms with Crippen LogP contribution in [0.1, 0.15) is 6.04 Å². The highest BCUT2D eigenvalue weighted by molar-refractivity contribution is 5.58. The van der Waals surface area contributed by atoms with E-state index in [-0.39, 0.29) is 23.0 Å². The van der Waals surface area contributed by atoms with E-state index in [1.807, 2.05) is 4.90 Å². The van der Waals surface area contributed by atoms with Gasteiger partial charge >= 0.3 is 0 Å². The van der Waals surface area contributed by atoms with Crippen molar-refractivity contribution in [3.63, 3.8) is 0 Å². The van der Waals surface area contributed by atoms with Crippen LogP contribution in [-0.2, 0) is 7.05 Å². The summed E-state index contributed by atoms with van der Waals surface area (Å²) in [7, 11) is 1.64. The van der Waals surface area contributed by atoms with Crippen molar-refractivity contribution >= 4 is 5.82 Å². The van der Waals surface area contributed by atoms with Gasteiger partial charge in [-0.3, -0.25) is 9.59 Å². The lowest BCUT2D eigenvalue weighted by molar-refractivity contribution is 0.352. The molecule has 0 spiro atoms. The van der Waals surface area contributed by atoms with E-state index >= 15 is 0 Å². The van der Waals surface area contributed by atoms with Gasteiger partial charge in [0.1, 0.15) is 11.6 Å². The molecule has 0 saturated carbocycles. The van der Waals surface area contributed by atoms with Crippen LogP contribution in [-0.4, -0.2) is 32.4 Å². The van der Waals surface area contributed by atoms with E-state index in [1.165, 1.54) is 39.8 Å². The minimum atomic E-state index is -0.353. The quantitative estimate of drug-likeness (QED) is 0.708. The number of hydrogen-bond acceptors (Lipinski definition) is 5. The molecule has 3 aromatic rings. The van der Waals surface area contributed by atoms with E-state index in [2.05, 4.69) is 10.1 Å². The second kappa shape index (κ2) is 6.21. The van der Waals surface area contributed by atoms with Gasteiger partial charge in [-0.15, -0.1) is 0 Å². The molecule has 0 N–H and O–H groups in total. The average Bonchev–Trinajstić information content (AvgIpc) is 2.58. The number of hydrogen-bond donors (Lipinski definition) is 0. The summed E-state index contributed by atoms with van der Waals surface area (Å²) >= 11 is 0. The van der Waals surface area contributed by atoms with Crippen molar-refractivity contribution in [2.24, 2.45) is 7.05 Å². The summed E-state index contributed by atoms with van der Waals surface area (Å²) in [6, 6.07) is 10.5. The average molecular weight is 353 g/mol. The second-order valence-electron chi connectivity index (χ2n) is 6.27. The molecule has 0 aliphatic carbocycles. The molecule has 1 aliphatic heterocycles. The fourth-order valence-corrected chi connectivity index (χ4v) is 2.91. The Morgan fingerprint density at radius 1 is 1.08 bits per heavy atom. The van der Waals surface area contributed by atoms with Crippen LogP contribution in [0, 0.1) is 5.82 Å².